The van der Waals surface area contributed by atoms with Crippen LogP contribution in [0.15, 0.2) is 12.3 Å². The topological polar surface area (TPSA) is 12.9 Å². The van der Waals surface area contributed by atoms with Crippen LogP contribution in [0, 0.1) is 5.82 Å². The molecule has 0 bridgehead atoms. The number of halogens is 4. The Morgan fingerprint density at radius 2 is 2.17 bits per heavy atom. The van der Waals surface area contributed by atoms with Gasteiger partial charge in [0.15, 0.2) is 0 Å². The highest BCUT2D eigenvalue weighted by Gasteiger charge is 2.16. The van der Waals surface area contributed by atoms with Gasteiger partial charge in [-0.25, -0.2) is 13.2 Å². The molecule has 0 amide bonds. The lowest BCUT2D eigenvalue weighted by atomic mass is 10.2. The van der Waals surface area contributed by atoms with Gasteiger partial charge >= 0.3 is 0 Å². The molecule has 1 rings (SSSR count). The monoisotopic (exact) mass is 239 g/mol. The molecule has 0 unspecified atom stereocenters. The number of alkyl halides is 3. The van der Waals surface area contributed by atoms with Crippen molar-refractivity contribution in [1.82, 2.24) is 4.98 Å². The Morgan fingerprint density at radius 3 is 2.58 bits per heavy atom. The first kappa shape index (κ1) is 9.51. The maximum atomic E-state index is 12.8. The largest absolute Gasteiger partial charge is 0.280 e. The van der Waals surface area contributed by atoms with E-state index in [0.717, 1.165) is 12.3 Å². The molecule has 0 radical (unpaired) electrons. The molecule has 0 aliphatic heterocycles. The van der Waals surface area contributed by atoms with Crippen LogP contribution in [0.5, 0.6) is 0 Å². The number of hydrogen-bond acceptors (Lipinski definition) is 1. The van der Waals surface area contributed by atoms with Crippen LogP contribution in [0.4, 0.5) is 13.2 Å². The minimum Gasteiger partial charge on any atom is -0.255 e. The fraction of sp³-hybridized carbons (Fsp3) is 0.286. The van der Waals surface area contributed by atoms with E-state index in [9.17, 15) is 13.2 Å². The van der Waals surface area contributed by atoms with Gasteiger partial charge in [0.1, 0.15) is 11.5 Å². The van der Waals surface area contributed by atoms with Crippen LogP contribution in [0.1, 0.15) is 17.7 Å². The van der Waals surface area contributed by atoms with E-state index in [2.05, 4.69) is 20.9 Å². The standard InChI is InChI=1S/C7H5BrF3N/c8-3-4-5(9)1-2-12-6(4)7(10)11/h1-2,7H,3H2. The molecule has 0 atom stereocenters. The smallest absolute Gasteiger partial charge is 0.255 e. The van der Waals surface area contributed by atoms with Gasteiger partial charge in [-0.05, 0) is 6.07 Å². The van der Waals surface area contributed by atoms with Crippen molar-refractivity contribution < 1.29 is 13.2 Å². The van der Waals surface area contributed by atoms with E-state index >= 15 is 0 Å². The Bertz CT molecular complexity index is 277. The highest BCUT2D eigenvalue weighted by atomic mass is 79.9. The highest BCUT2D eigenvalue weighted by molar-refractivity contribution is 9.08. The van der Waals surface area contributed by atoms with Crippen molar-refractivity contribution >= 4 is 15.9 Å². The van der Waals surface area contributed by atoms with Crippen LogP contribution in [0.3, 0.4) is 0 Å². The van der Waals surface area contributed by atoms with Crippen molar-refractivity contribution in [2.24, 2.45) is 0 Å². The molecule has 0 aromatic carbocycles. The summed E-state index contributed by atoms with van der Waals surface area (Å²) >= 11 is 2.91. The van der Waals surface area contributed by atoms with Crippen molar-refractivity contribution in [3.05, 3.63) is 29.3 Å². The predicted octanol–water partition coefficient (Wildman–Crippen LogP) is 3.05. The van der Waals surface area contributed by atoms with Crippen molar-refractivity contribution in [1.29, 1.82) is 0 Å². The Labute approximate surface area is 75.7 Å². The number of pyridine rings is 1. The van der Waals surface area contributed by atoms with E-state index in [-0.39, 0.29) is 10.9 Å². The van der Waals surface area contributed by atoms with E-state index in [0.29, 0.717) is 0 Å². The zero-order valence-electron chi connectivity index (χ0n) is 5.90. The third-order valence-corrected chi connectivity index (χ3v) is 1.93. The van der Waals surface area contributed by atoms with Crippen molar-refractivity contribution in [3.8, 4) is 0 Å². The van der Waals surface area contributed by atoms with E-state index in [4.69, 9.17) is 0 Å². The first-order valence-electron chi connectivity index (χ1n) is 3.14. The molecule has 0 spiro atoms. The van der Waals surface area contributed by atoms with E-state index < -0.39 is 17.9 Å². The molecular formula is C7H5BrF3N. The first-order valence-corrected chi connectivity index (χ1v) is 4.26. The quantitative estimate of drug-likeness (QED) is 0.724. The van der Waals surface area contributed by atoms with E-state index in [1.165, 1.54) is 0 Å². The van der Waals surface area contributed by atoms with Gasteiger partial charge in [0.2, 0.25) is 0 Å². The van der Waals surface area contributed by atoms with Gasteiger partial charge in [-0.15, -0.1) is 0 Å². The molecule has 12 heavy (non-hydrogen) atoms. The Hall–Kier alpha value is -0.580. The Morgan fingerprint density at radius 1 is 1.50 bits per heavy atom. The average molecular weight is 240 g/mol. The average Bonchev–Trinajstić information content (AvgIpc) is 2.03. The molecule has 1 nitrogen and oxygen atoms in total. The lowest BCUT2D eigenvalue weighted by Gasteiger charge is -2.04. The van der Waals surface area contributed by atoms with E-state index in [1.54, 1.807) is 0 Å². The molecule has 1 aromatic heterocycles. The first-order chi connectivity index (χ1) is 5.66. The van der Waals surface area contributed by atoms with Crippen molar-refractivity contribution in [2.75, 3.05) is 0 Å². The fourth-order valence-electron chi connectivity index (χ4n) is 0.804. The minimum atomic E-state index is -2.73. The van der Waals surface area contributed by atoms with Gasteiger partial charge in [0.25, 0.3) is 6.43 Å². The third kappa shape index (κ3) is 1.77. The summed E-state index contributed by atoms with van der Waals surface area (Å²) in [5, 5.41) is 0.0480. The second kappa shape index (κ2) is 3.89. The van der Waals surface area contributed by atoms with Gasteiger partial charge in [-0.2, -0.15) is 0 Å². The fourth-order valence-corrected chi connectivity index (χ4v) is 1.36. The summed E-state index contributed by atoms with van der Waals surface area (Å²) in [6.45, 7) is 0. The SMILES string of the molecule is Fc1ccnc(C(F)F)c1CBr. The normalized spacial score (nSPS) is 10.8. The Kier molecular flexibility index (Phi) is 3.08. The maximum Gasteiger partial charge on any atom is 0.280 e. The van der Waals surface area contributed by atoms with Crippen molar-refractivity contribution in [2.45, 2.75) is 11.8 Å². The van der Waals surface area contributed by atoms with Crippen LogP contribution >= 0.6 is 15.9 Å². The summed E-state index contributed by atoms with van der Waals surface area (Å²) in [6.07, 6.45) is -1.70. The summed E-state index contributed by atoms with van der Waals surface area (Å²) in [4.78, 5) is 3.39. The van der Waals surface area contributed by atoms with Crippen LogP contribution in [-0.2, 0) is 5.33 Å². The molecular weight excluding hydrogens is 235 g/mol. The molecule has 0 aliphatic rings. The lowest BCUT2D eigenvalue weighted by molar-refractivity contribution is 0.144. The van der Waals surface area contributed by atoms with Gasteiger partial charge in [0, 0.05) is 17.1 Å². The number of aromatic nitrogens is 1. The molecule has 1 aromatic rings. The summed E-state index contributed by atoms with van der Waals surface area (Å²) in [5.74, 6) is -0.655. The van der Waals surface area contributed by atoms with Crippen LogP contribution < -0.4 is 0 Å². The van der Waals surface area contributed by atoms with Crippen LogP contribution in [0.25, 0.3) is 0 Å². The third-order valence-electron chi connectivity index (χ3n) is 1.37. The molecule has 0 saturated carbocycles. The van der Waals surface area contributed by atoms with E-state index in [1.807, 2.05) is 0 Å². The lowest BCUT2D eigenvalue weighted by Crippen LogP contribution is -1.99. The van der Waals surface area contributed by atoms with Gasteiger partial charge in [-0.3, -0.25) is 4.98 Å². The second-order valence-electron chi connectivity index (χ2n) is 2.09. The van der Waals surface area contributed by atoms with Crippen LogP contribution in [0.2, 0.25) is 0 Å². The second-order valence-corrected chi connectivity index (χ2v) is 2.65. The van der Waals surface area contributed by atoms with Crippen LogP contribution in [-0.4, -0.2) is 4.98 Å². The maximum absolute atomic E-state index is 12.8. The molecule has 0 N–H and O–H groups in total. The molecule has 1 heterocycles. The molecule has 0 fully saturated rings. The zero-order valence-corrected chi connectivity index (χ0v) is 7.48. The van der Waals surface area contributed by atoms with Crippen molar-refractivity contribution in [3.63, 3.8) is 0 Å². The zero-order chi connectivity index (χ0) is 9.14. The van der Waals surface area contributed by atoms with Gasteiger partial charge < -0.3 is 0 Å². The summed E-state index contributed by atoms with van der Waals surface area (Å²) < 4.78 is 37.1. The number of nitrogens with zero attached hydrogens (tertiary/aromatic N) is 1. The predicted molar refractivity (Wildman–Crippen MR) is 41.8 cm³/mol. The summed E-state index contributed by atoms with van der Waals surface area (Å²) in [5.41, 5.74) is -0.570. The number of rotatable bonds is 2. The summed E-state index contributed by atoms with van der Waals surface area (Å²) in [7, 11) is 0. The van der Waals surface area contributed by atoms with Gasteiger partial charge in [0.05, 0.1) is 0 Å². The minimum absolute atomic E-state index is 0.0480. The Balaban J connectivity index is 3.18. The molecule has 5 heteroatoms. The van der Waals surface area contributed by atoms with Gasteiger partial charge in [-0.1, -0.05) is 15.9 Å². The molecule has 0 saturated heterocycles. The highest BCUT2D eigenvalue weighted by Crippen LogP contribution is 2.23. The number of hydrogen-bond donors (Lipinski definition) is 0. The summed E-state index contributed by atoms with van der Waals surface area (Å²) in [6, 6.07) is 1.06. The molecule has 66 valence electrons. The molecule has 0 aliphatic carbocycles.